The van der Waals surface area contributed by atoms with Gasteiger partial charge in [-0.05, 0) is 43.4 Å². The number of thioether (sulfide) groups is 1. The first-order valence-electron chi connectivity index (χ1n) is 10.1. The van der Waals surface area contributed by atoms with E-state index < -0.39 is 17.4 Å². The van der Waals surface area contributed by atoms with Crippen molar-refractivity contribution in [2.24, 2.45) is 11.8 Å². The molecule has 6 nitrogen and oxygen atoms in total. The molecule has 0 bridgehead atoms. The van der Waals surface area contributed by atoms with Crippen LogP contribution in [-0.4, -0.2) is 47.2 Å². The predicted octanol–water partition coefficient (Wildman–Crippen LogP) is 2.92. The third kappa shape index (κ3) is 2.93. The largest absolute Gasteiger partial charge is 0.323 e. The fraction of sp³-hybridized carbons (Fsp3) is 0.571. The number of halogens is 1. The molecule has 0 saturated carbocycles. The molecule has 29 heavy (non-hydrogen) atoms. The maximum absolute atomic E-state index is 13.5. The Labute approximate surface area is 180 Å². The van der Waals surface area contributed by atoms with E-state index in [-0.39, 0.29) is 23.8 Å². The lowest BCUT2D eigenvalue weighted by atomic mass is 9.76. The normalized spacial score (nSPS) is 30.3. The molecular formula is C21H26ClN3O3S. The van der Waals surface area contributed by atoms with E-state index >= 15 is 0 Å². The van der Waals surface area contributed by atoms with Gasteiger partial charge in [-0.15, -0.1) is 0 Å². The highest BCUT2D eigenvalue weighted by Crippen LogP contribution is 2.54. The summed E-state index contributed by atoms with van der Waals surface area (Å²) in [4.78, 5) is 41.4. The standard InChI is InChI=1S/C21H26ClN3O3S/c1-4-5-7-25-18(26)15-14(6-8-29-3)24-21(16(15)19(25)27)12-9-11(2)10-13(22)17(12)23-20(21)28/h9-10,14-16,24H,4-8H2,1-3H3,(H,23,28). The summed E-state index contributed by atoms with van der Waals surface area (Å²) in [6.07, 6.45) is 4.38. The number of imide groups is 1. The number of carbonyl (C=O) groups excluding carboxylic acids is 3. The molecule has 0 radical (unpaired) electrons. The van der Waals surface area contributed by atoms with E-state index in [1.807, 2.05) is 26.2 Å². The summed E-state index contributed by atoms with van der Waals surface area (Å²) in [5, 5.41) is 6.79. The van der Waals surface area contributed by atoms with Crippen LogP contribution in [-0.2, 0) is 19.9 Å². The maximum atomic E-state index is 13.5. The second-order valence-electron chi connectivity index (χ2n) is 8.15. The Morgan fingerprint density at radius 2 is 2.00 bits per heavy atom. The molecule has 2 N–H and O–H groups in total. The van der Waals surface area contributed by atoms with Gasteiger partial charge in [0.15, 0.2) is 0 Å². The minimum atomic E-state index is -1.24. The first-order valence-corrected chi connectivity index (χ1v) is 11.9. The molecule has 4 unspecified atom stereocenters. The molecule has 156 valence electrons. The van der Waals surface area contributed by atoms with Gasteiger partial charge >= 0.3 is 0 Å². The Bertz CT molecular complexity index is 892. The van der Waals surface area contributed by atoms with Crippen LogP contribution in [0.2, 0.25) is 5.02 Å². The summed E-state index contributed by atoms with van der Waals surface area (Å²) in [6, 6.07) is 3.48. The third-order valence-corrected chi connectivity index (χ3v) is 7.32. The Morgan fingerprint density at radius 3 is 2.69 bits per heavy atom. The van der Waals surface area contributed by atoms with Gasteiger partial charge in [0.25, 0.3) is 0 Å². The lowest BCUT2D eigenvalue weighted by Gasteiger charge is -2.29. The van der Waals surface area contributed by atoms with Gasteiger partial charge in [0.2, 0.25) is 17.7 Å². The fourth-order valence-corrected chi connectivity index (χ4v) is 5.89. The predicted molar refractivity (Wildman–Crippen MR) is 115 cm³/mol. The Morgan fingerprint density at radius 1 is 1.24 bits per heavy atom. The number of aryl methyl sites for hydroxylation is 1. The van der Waals surface area contributed by atoms with Gasteiger partial charge in [-0.1, -0.05) is 31.0 Å². The zero-order valence-corrected chi connectivity index (χ0v) is 18.5. The number of rotatable bonds is 6. The van der Waals surface area contributed by atoms with Crippen LogP contribution in [0.3, 0.4) is 0 Å². The van der Waals surface area contributed by atoms with Crippen molar-refractivity contribution in [3.8, 4) is 0 Å². The van der Waals surface area contributed by atoms with Crippen LogP contribution >= 0.6 is 23.4 Å². The van der Waals surface area contributed by atoms with Gasteiger partial charge in [-0.25, -0.2) is 0 Å². The van der Waals surface area contributed by atoms with Crippen molar-refractivity contribution in [1.29, 1.82) is 0 Å². The molecule has 3 aliphatic rings. The van der Waals surface area contributed by atoms with E-state index in [4.69, 9.17) is 11.6 Å². The van der Waals surface area contributed by atoms with Crippen molar-refractivity contribution >= 4 is 46.8 Å². The highest BCUT2D eigenvalue weighted by Gasteiger charge is 2.70. The van der Waals surface area contributed by atoms with Crippen LogP contribution in [0.1, 0.15) is 37.3 Å². The number of hydrogen-bond donors (Lipinski definition) is 2. The van der Waals surface area contributed by atoms with Crippen molar-refractivity contribution in [2.75, 3.05) is 23.9 Å². The van der Waals surface area contributed by atoms with Crippen LogP contribution in [0.15, 0.2) is 12.1 Å². The highest BCUT2D eigenvalue weighted by molar-refractivity contribution is 7.98. The Balaban J connectivity index is 1.84. The summed E-state index contributed by atoms with van der Waals surface area (Å²) in [6.45, 7) is 4.35. The molecule has 3 aliphatic heterocycles. The van der Waals surface area contributed by atoms with E-state index in [2.05, 4.69) is 10.6 Å². The third-order valence-electron chi connectivity index (χ3n) is 6.38. The molecule has 8 heteroatoms. The molecule has 2 saturated heterocycles. The summed E-state index contributed by atoms with van der Waals surface area (Å²) in [7, 11) is 0. The van der Waals surface area contributed by atoms with Gasteiger partial charge in [-0.3, -0.25) is 24.6 Å². The molecule has 2 fully saturated rings. The monoisotopic (exact) mass is 435 g/mol. The maximum Gasteiger partial charge on any atom is 0.250 e. The topological polar surface area (TPSA) is 78.5 Å². The van der Waals surface area contributed by atoms with Gasteiger partial charge in [-0.2, -0.15) is 11.8 Å². The van der Waals surface area contributed by atoms with E-state index in [0.717, 1.165) is 24.2 Å². The molecule has 1 aromatic carbocycles. The van der Waals surface area contributed by atoms with E-state index in [9.17, 15) is 14.4 Å². The Hall–Kier alpha value is -1.57. The zero-order chi connectivity index (χ0) is 20.9. The molecule has 0 aromatic heterocycles. The van der Waals surface area contributed by atoms with Crippen LogP contribution < -0.4 is 10.6 Å². The van der Waals surface area contributed by atoms with Crippen LogP contribution in [0, 0.1) is 18.8 Å². The molecular weight excluding hydrogens is 410 g/mol. The first-order chi connectivity index (χ1) is 13.9. The lowest BCUT2D eigenvalue weighted by molar-refractivity contribution is -0.142. The average molecular weight is 436 g/mol. The number of hydrogen-bond acceptors (Lipinski definition) is 5. The molecule has 1 aromatic rings. The molecule has 4 rings (SSSR count). The summed E-state index contributed by atoms with van der Waals surface area (Å²) in [5.41, 5.74) is 0.904. The molecule has 0 aliphatic carbocycles. The summed E-state index contributed by atoms with van der Waals surface area (Å²) in [5.74, 6) is -1.10. The van der Waals surface area contributed by atoms with Crippen molar-refractivity contribution in [2.45, 2.75) is 44.7 Å². The SMILES string of the molecule is CCCCN1C(=O)C2C(CCSC)NC3(C(=O)Nc4c(Cl)cc(C)cc43)C2C1=O. The number of fused-ring (bicyclic) bond motifs is 4. The number of anilines is 1. The zero-order valence-electron chi connectivity index (χ0n) is 16.9. The van der Waals surface area contributed by atoms with Crippen LogP contribution in [0.25, 0.3) is 0 Å². The van der Waals surface area contributed by atoms with E-state index in [1.165, 1.54) is 4.90 Å². The summed E-state index contributed by atoms with van der Waals surface area (Å²) < 4.78 is 0. The number of unbranched alkanes of at least 4 members (excludes halogenated alkanes) is 1. The molecule has 3 heterocycles. The number of carbonyl (C=O) groups is 3. The van der Waals surface area contributed by atoms with Crippen molar-refractivity contribution in [3.63, 3.8) is 0 Å². The Kier molecular flexibility index (Phi) is 5.42. The number of likely N-dealkylation sites (tertiary alicyclic amines) is 1. The minimum absolute atomic E-state index is 0.149. The number of amides is 3. The second kappa shape index (κ2) is 7.60. The number of nitrogens with one attached hydrogen (secondary N) is 2. The van der Waals surface area contributed by atoms with Crippen LogP contribution in [0.4, 0.5) is 5.69 Å². The van der Waals surface area contributed by atoms with Gasteiger partial charge in [0, 0.05) is 18.2 Å². The molecule has 1 spiro atoms. The van der Waals surface area contributed by atoms with E-state index in [1.54, 1.807) is 17.8 Å². The van der Waals surface area contributed by atoms with Crippen LogP contribution in [0.5, 0.6) is 0 Å². The lowest BCUT2D eigenvalue weighted by Crippen LogP contribution is -2.53. The number of nitrogens with zero attached hydrogens (tertiary/aromatic N) is 1. The van der Waals surface area contributed by atoms with Crippen molar-refractivity contribution < 1.29 is 14.4 Å². The minimum Gasteiger partial charge on any atom is -0.323 e. The fourth-order valence-electron chi connectivity index (χ4n) is 5.08. The van der Waals surface area contributed by atoms with Crippen molar-refractivity contribution in [3.05, 3.63) is 28.3 Å². The highest BCUT2D eigenvalue weighted by atomic mass is 35.5. The smallest absolute Gasteiger partial charge is 0.250 e. The quantitative estimate of drug-likeness (QED) is 0.672. The summed E-state index contributed by atoms with van der Waals surface area (Å²) >= 11 is 8.11. The van der Waals surface area contributed by atoms with E-state index in [0.29, 0.717) is 29.2 Å². The molecule has 3 amide bonds. The second-order valence-corrected chi connectivity index (χ2v) is 9.54. The van der Waals surface area contributed by atoms with Gasteiger partial charge < -0.3 is 5.32 Å². The molecule has 4 atom stereocenters. The van der Waals surface area contributed by atoms with Gasteiger partial charge in [0.05, 0.1) is 22.5 Å². The van der Waals surface area contributed by atoms with Gasteiger partial charge in [0.1, 0.15) is 5.54 Å². The first kappa shape index (κ1) is 20.7. The average Bonchev–Trinajstić information content (AvgIpc) is 3.25. The number of benzene rings is 1. The van der Waals surface area contributed by atoms with Crippen molar-refractivity contribution in [1.82, 2.24) is 10.2 Å².